The van der Waals surface area contributed by atoms with Gasteiger partial charge >= 0.3 is 0 Å². The number of halogens is 2. The van der Waals surface area contributed by atoms with Crippen LogP contribution in [-0.2, 0) is 14.4 Å². The zero-order chi connectivity index (χ0) is 27.8. The third-order valence-electron chi connectivity index (χ3n) is 8.33. The van der Waals surface area contributed by atoms with Gasteiger partial charge in [-0.1, -0.05) is 33.3 Å². The summed E-state index contributed by atoms with van der Waals surface area (Å²) in [5, 5.41) is 2.81. The minimum atomic E-state index is -0.624. The number of amides is 3. The highest BCUT2D eigenvalue weighted by Gasteiger charge is 2.46. The van der Waals surface area contributed by atoms with Crippen LogP contribution in [-0.4, -0.2) is 83.3 Å². The maximum absolute atomic E-state index is 14.8. The molecule has 7 nitrogen and oxygen atoms in total. The predicted octanol–water partition coefficient (Wildman–Crippen LogP) is 3.53. The van der Waals surface area contributed by atoms with Crippen molar-refractivity contribution in [3.63, 3.8) is 0 Å². The first-order chi connectivity index (χ1) is 17.8. The Bertz CT molecular complexity index is 1050. The fraction of sp³-hybridized carbons (Fsp3) is 0.690. The van der Waals surface area contributed by atoms with Crippen molar-refractivity contribution in [3.8, 4) is 0 Å². The van der Waals surface area contributed by atoms with Crippen molar-refractivity contribution in [1.29, 1.82) is 0 Å². The molecular weight excluding hydrogens is 490 g/mol. The van der Waals surface area contributed by atoms with Crippen molar-refractivity contribution in [2.45, 2.75) is 84.3 Å². The quantitative estimate of drug-likeness (QED) is 0.609. The summed E-state index contributed by atoms with van der Waals surface area (Å²) in [5.74, 6) is -2.40. The standard InChI is InChI=1S/C29H42F2N4O3/c1-18-15-33(28(38)26(32-19(2)36)14-29(3,4)5)11-12-35(18)27(37)24-17-34(21-7-6-8-21)16-23(24)22-10-9-20(30)13-25(22)31/h9-10,13,18,21,23-24,26H,6-8,11-12,14-17H2,1-5H3,(H,32,36)/t18-,23-,24+,26-/m0/s1. The van der Waals surface area contributed by atoms with Gasteiger partial charge in [-0.05, 0) is 43.2 Å². The second-order valence-electron chi connectivity index (χ2n) is 12.6. The fourth-order valence-corrected chi connectivity index (χ4v) is 6.23. The number of hydrogen-bond acceptors (Lipinski definition) is 4. The molecule has 3 amide bonds. The van der Waals surface area contributed by atoms with Gasteiger partial charge in [0.1, 0.15) is 17.7 Å². The van der Waals surface area contributed by atoms with E-state index in [4.69, 9.17) is 0 Å². The smallest absolute Gasteiger partial charge is 0.245 e. The summed E-state index contributed by atoms with van der Waals surface area (Å²) in [6.07, 6.45) is 3.85. The highest BCUT2D eigenvalue weighted by Crippen LogP contribution is 2.40. The summed E-state index contributed by atoms with van der Waals surface area (Å²) in [4.78, 5) is 45.0. The van der Waals surface area contributed by atoms with E-state index in [1.54, 1.807) is 4.90 Å². The zero-order valence-electron chi connectivity index (χ0n) is 23.3. The zero-order valence-corrected chi connectivity index (χ0v) is 23.3. The topological polar surface area (TPSA) is 73.0 Å². The van der Waals surface area contributed by atoms with E-state index in [0.717, 1.165) is 25.3 Å². The number of nitrogens with one attached hydrogen (secondary N) is 1. The van der Waals surface area contributed by atoms with Crippen molar-refractivity contribution >= 4 is 17.7 Å². The minimum absolute atomic E-state index is 0.0340. The molecule has 2 aliphatic heterocycles. The number of benzene rings is 1. The monoisotopic (exact) mass is 532 g/mol. The van der Waals surface area contributed by atoms with E-state index in [9.17, 15) is 23.2 Å². The van der Waals surface area contributed by atoms with Gasteiger partial charge in [0.2, 0.25) is 17.7 Å². The molecule has 2 heterocycles. The number of rotatable bonds is 6. The van der Waals surface area contributed by atoms with E-state index >= 15 is 0 Å². The van der Waals surface area contributed by atoms with E-state index in [1.807, 2.05) is 32.6 Å². The maximum atomic E-state index is 14.8. The van der Waals surface area contributed by atoms with Crippen molar-refractivity contribution in [3.05, 3.63) is 35.4 Å². The average Bonchev–Trinajstić information content (AvgIpc) is 3.19. The predicted molar refractivity (Wildman–Crippen MR) is 141 cm³/mol. The van der Waals surface area contributed by atoms with Crippen LogP contribution < -0.4 is 5.32 Å². The highest BCUT2D eigenvalue weighted by atomic mass is 19.1. The number of nitrogens with zero attached hydrogens (tertiary/aromatic N) is 3. The molecule has 1 aromatic rings. The lowest BCUT2D eigenvalue weighted by Crippen LogP contribution is -2.60. The van der Waals surface area contributed by atoms with Crippen molar-refractivity contribution < 1.29 is 23.2 Å². The Morgan fingerprint density at radius 3 is 2.34 bits per heavy atom. The van der Waals surface area contributed by atoms with E-state index in [-0.39, 0.29) is 35.1 Å². The van der Waals surface area contributed by atoms with E-state index in [0.29, 0.717) is 50.7 Å². The average molecular weight is 533 g/mol. The maximum Gasteiger partial charge on any atom is 0.245 e. The van der Waals surface area contributed by atoms with Gasteiger partial charge in [-0.3, -0.25) is 19.3 Å². The molecule has 0 radical (unpaired) electrons. The van der Waals surface area contributed by atoms with E-state index in [1.165, 1.54) is 19.1 Å². The molecule has 2 saturated heterocycles. The normalized spacial score (nSPS) is 25.7. The number of hydrogen-bond donors (Lipinski definition) is 1. The van der Waals surface area contributed by atoms with Gasteiger partial charge in [0.15, 0.2) is 0 Å². The van der Waals surface area contributed by atoms with Crippen LogP contribution in [0.1, 0.15) is 71.8 Å². The summed E-state index contributed by atoms with van der Waals surface area (Å²) in [7, 11) is 0. The van der Waals surface area contributed by atoms with Crippen LogP contribution in [0.25, 0.3) is 0 Å². The van der Waals surface area contributed by atoms with E-state index in [2.05, 4.69) is 10.2 Å². The third kappa shape index (κ3) is 6.35. The van der Waals surface area contributed by atoms with Crippen molar-refractivity contribution in [2.75, 3.05) is 32.7 Å². The SMILES string of the molecule is CC(=O)N[C@@H](CC(C)(C)C)C(=O)N1CCN(C(=O)[C@@H]2CN(C3CCC3)C[C@H]2c2ccc(F)cc2F)[C@@H](C)C1. The van der Waals surface area contributed by atoms with Crippen LogP contribution in [0.5, 0.6) is 0 Å². The number of carbonyl (C=O) groups excluding carboxylic acids is 3. The van der Waals surface area contributed by atoms with Crippen LogP contribution >= 0.6 is 0 Å². The Morgan fingerprint density at radius 2 is 1.79 bits per heavy atom. The minimum Gasteiger partial charge on any atom is -0.345 e. The molecule has 0 aromatic heterocycles. The molecule has 4 atom stereocenters. The van der Waals surface area contributed by atoms with Gasteiger partial charge in [0, 0.05) is 63.7 Å². The summed E-state index contributed by atoms with van der Waals surface area (Å²) in [6.45, 7) is 11.7. The summed E-state index contributed by atoms with van der Waals surface area (Å²) < 4.78 is 28.5. The Labute approximate surface area is 224 Å². The van der Waals surface area contributed by atoms with Crippen LogP contribution in [0.4, 0.5) is 8.78 Å². The van der Waals surface area contributed by atoms with Crippen molar-refractivity contribution in [2.24, 2.45) is 11.3 Å². The molecule has 9 heteroatoms. The second-order valence-corrected chi connectivity index (χ2v) is 12.6. The Balaban J connectivity index is 1.48. The molecule has 210 valence electrons. The lowest BCUT2D eigenvalue weighted by atomic mass is 9.86. The van der Waals surface area contributed by atoms with Crippen molar-refractivity contribution in [1.82, 2.24) is 20.0 Å². The van der Waals surface area contributed by atoms with E-state index < -0.39 is 23.6 Å². The summed E-state index contributed by atoms with van der Waals surface area (Å²) >= 11 is 0. The second kappa shape index (κ2) is 11.3. The molecule has 3 fully saturated rings. The van der Waals surface area contributed by atoms with Gasteiger partial charge in [0.25, 0.3) is 0 Å². The third-order valence-corrected chi connectivity index (χ3v) is 8.33. The number of piperazine rings is 1. The lowest BCUT2D eigenvalue weighted by Gasteiger charge is -2.43. The van der Waals surface area contributed by atoms with Crippen LogP contribution in [0.2, 0.25) is 0 Å². The van der Waals surface area contributed by atoms with Crippen LogP contribution in [0.15, 0.2) is 18.2 Å². The largest absolute Gasteiger partial charge is 0.345 e. The fourth-order valence-electron chi connectivity index (χ4n) is 6.23. The molecular formula is C29H42F2N4O3. The molecule has 1 aliphatic carbocycles. The first kappa shape index (κ1) is 28.5. The number of likely N-dealkylation sites (tertiary alicyclic amines) is 1. The Hall–Kier alpha value is -2.55. The molecule has 4 rings (SSSR count). The number of carbonyl (C=O) groups is 3. The van der Waals surface area contributed by atoms with Gasteiger partial charge in [-0.2, -0.15) is 0 Å². The summed E-state index contributed by atoms with van der Waals surface area (Å²) in [5.41, 5.74) is 0.249. The van der Waals surface area contributed by atoms with Gasteiger partial charge in [-0.25, -0.2) is 8.78 Å². The highest BCUT2D eigenvalue weighted by molar-refractivity contribution is 5.87. The van der Waals surface area contributed by atoms with Crippen LogP contribution in [0, 0.1) is 23.0 Å². The molecule has 1 saturated carbocycles. The molecule has 1 N–H and O–H groups in total. The lowest BCUT2D eigenvalue weighted by molar-refractivity contribution is -0.147. The Kier molecular flexibility index (Phi) is 8.45. The molecule has 1 aromatic carbocycles. The molecule has 3 aliphatic rings. The molecule has 0 spiro atoms. The first-order valence-electron chi connectivity index (χ1n) is 13.9. The van der Waals surface area contributed by atoms with Crippen LogP contribution in [0.3, 0.4) is 0 Å². The molecule has 38 heavy (non-hydrogen) atoms. The van der Waals surface area contributed by atoms with Gasteiger partial charge in [0.05, 0.1) is 5.92 Å². The molecule has 0 bridgehead atoms. The Morgan fingerprint density at radius 1 is 1.08 bits per heavy atom. The first-order valence-corrected chi connectivity index (χ1v) is 13.9. The molecule has 0 unspecified atom stereocenters. The van der Waals surface area contributed by atoms with Gasteiger partial charge in [-0.15, -0.1) is 0 Å². The van der Waals surface area contributed by atoms with Gasteiger partial charge < -0.3 is 15.1 Å². The summed E-state index contributed by atoms with van der Waals surface area (Å²) in [6, 6.07) is 3.24.